The Balaban J connectivity index is 1.56. The van der Waals surface area contributed by atoms with Crippen LogP contribution in [0, 0.1) is 0 Å². The molecule has 10 nitrogen and oxygen atoms in total. The van der Waals surface area contributed by atoms with Gasteiger partial charge in [-0.05, 0) is 48.5 Å². The fraction of sp³-hybridized carbons (Fsp3) is 0. The molecule has 10 heteroatoms. The van der Waals surface area contributed by atoms with E-state index in [4.69, 9.17) is 27.7 Å². The van der Waals surface area contributed by atoms with Crippen molar-refractivity contribution < 1.29 is 4.74 Å². The number of hydrogen-bond donors (Lipinski definition) is 5. The van der Waals surface area contributed by atoms with Gasteiger partial charge >= 0.3 is 0 Å². The van der Waals surface area contributed by atoms with E-state index in [-0.39, 0.29) is 11.9 Å². The van der Waals surface area contributed by atoms with E-state index in [0.717, 1.165) is 11.1 Å². The van der Waals surface area contributed by atoms with Crippen molar-refractivity contribution in [3.05, 3.63) is 72.8 Å². The Bertz CT molecular complexity index is 1290. The second-order valence-corrected chi connectivity index (χ2v) is 6.76. The zero-order valence-electron chi connectivity index (χ0n) is 16.9. The van der Waals surface area contributed by atoms with Crippen LogP contribution in [0.5, 0.6) is 11.5 Å². The van der Waals surface area contributed by atoms with Gasteiger partial charge in [0.05, 0.1) is 5.69 Å². The fourth-order valence-electron chi connectivity index (χ4n) is 2.90. The maximum Gasteiger partial charge on any atom is 0.223 e. The standard InChI is InChI=1S/C22H21N9O/c23-15-7-9-17(10-8-15)32-18-6-2-4-14(12-18)20-28-19(30-31-20)13-3-1-5-16(11-13)27-22(26)29-21(24)25/h1-12H,23H2,(H,28,30,31)(H6,24,25,26,27,29). The van der Waals surface area contributed by atoms with Crippen molar-refractivity contribution >= 4 is 23.3 Å². The van der Waals surface area contributed by atoms with Crippen molar-refractivity contribution in [3.63, 3.8) is 0 Å². The first-order valence-corrected chi connectivity index (χ1v) is 9.57. The molecule has 0 aliphatic heterocycles. The topological polar surface area (TPSA) is 180 Å². The third-order valence-electron chi connectivity index (χ3n) is 4.30. The second-order valence-electron chi connectivity index (χ2n) is 6.76. The molecule has 1 aromatic heterocycles. The molecule has 0 bridgehead atoms. The van der Waals surface area contributed by atoms with Gasteiger partial charge in [0.15, 0.2) is 17.6 Å². The van der Waals surface area contributed by atoms with E-state index in [1.54, 1.807) is 24.3 Å². The summed E-state index contributed by atoms with van der Waals surface area (Å²) in [5.74, 6) is 2.24. The van der Waals surface area contributed by atoms with Crippen LogP contribution in [0.3, 0.4) is 0 Å². The lowest BCUT2D eigenvalue weighted by Crippen LogP contribution is -2.26. The molecule has 0 atom stereocenters. The Morgan fingerprint density at radius 1 is 0.844 bits per heavy atom. The molecule has 32 heavy (non-hydrogen) atoms. The van der Waals surface area contributed by atoms with Crippen LogP contribution in [-0.2, 0) is 0 Å². The zero-order valence-corrected chi connectivity index (χ0v) is 16.9. The predicted octanol–water partition coefficient (Wildman–Crippen LogP) is 2.73. The Morgan fingerprint density at radius 2 is 1.59 bits per heavy atom. The van der Waals surface area contributed by atoms with E-state index < -0.39 is 0 Å². The number of aromatic nitrogens is 3. The molecule has 0 unspecified atom stereocenters. The van der Waals surface area contributed by atoms with E-state index in [1.807, 2.05) is 48.5 Å². The summed E-state index contributed by atoms with van der Waals surface area (Å²) in [6, 6.07) is 21.9. The van der Waals surface area contributed by atoms with Crippen LogP contribution < -0.4 is 27.7 Å². The Labute approximate surface area is 183 Å². The molecule has 4 rings (SSSR count). The number of nitrogens with two attached hydrogens (primary N) is 4. The van der Waals surface area contributed by atoms with Crippen LogP contribution in [0.15, 0.2) is 82.8 Å². The highest BCUT2D eigenvalue weighted by atomic mass is 16.5. The van der Waals surface area contributed by atoms with Crippen molar-refractivity contribution in [1.29, 1.82) is 0 Å². The SMILES string of the molecule is NC(N)=NC(N)=Nc1cccc(-c2n[nH]c(-c3cccc(Oc4ccc(N)cc4)c3)n2)c1. The lowest BCUT2D eigenvalue weighted by atomic mass is 10.2. The summed E-state index contributed by atoms with van der Waals surface area (Å²) in [5, 5.41) is 7.27. The number of aliphatic imine (C=N–C) groups is 2. The molecule has 0 aliphatic rings. The number of nitrogen functional groups attached to an aromatic ring is 1. The molecule has 0 radical (unpaired) electrons. The molecule has 0 amide bonds. The number of guanidine groups is 2. The molecule has 0 saturated heterocycles. The van der Waals surface area contributed by atoms with Crippen molar-refractivity contribution in [2.75, 3.05) is 5.73 Å². The third kappa shape index (κ3) is 5.00. The van der Waals surface area contributed by atoms with Gasteiger partial charge in [-0.2, -0.15) is 10.1 Å². The van der Waals surface area contributed by atoms with Crippen LogP contribution in [0.4, 0.5) is 11.4 Å². The van der Waals surface area contributed by atoms with Gasteiger partial charge in [-0.15, -0.1) is 0 Å². The van der Waals surface area contributed by atoms with Gasteiger partial charge in [0, 0.05) is 16.8 Å². The minimum Gasteiger partial charge on any atom is -0.457 e. The number of nitrogens with zero attached hydrogens (tertiary/aromatic N) is 4. The van der Waals surface area contributed by atoms with Gasteiger partial charge in [-0.25, -0.2) is 9.98 Å². The van der Waals surface area contributed by atoms with E-state index in [2.05, 4.69) is 25.2 Å². The number of rotatable bonds is 5. The van der Waals surface area contributed by atoms with Crippen LogP contribution in [0.2, 0.25) is 0 Å². The van der Waals surface area contributed by atoms with Crippen molar-refractivity contribution in [3.8, 4) is 34.3 Å². The van der Waals surface area contributed by atoms with E-state index >= 15 is 0 Å². The lowest BCUT2D eigenvalue weighted by Gasteiger charge is -2.07. The number of ether oxygens (including phenoxy) is 1. The van der Waals surface area contributed by atoms with Gasteiger partial charge < -0.3 is 27.7 Å². The summed E-state index contributed by atoms with van der Waals surface area (Å²) < 4.78 is 5.89. The fourth-order valence-corrected chi connectivity index (χ4v) is 2.90. The summed E-state index contributed by atoms with van der Waals surface area (Å²) in [6.07, 6.45) is 0. The number of hydrogen-bond acceptors (Lipinski definition) is 5. The largest absolute Gasteiger partial charge is 0.457 e. The highest BCUT2D eigenvalue weighted by molar-refractivity contribution is 5.93. The molecule has 160 valence electrons. The molecule has 3 aromatic carbocycles. The van der Waals surface area contributed by atoms with Crippen molar-refractivity contribution in [1.82, 2.24) is 15.2 Å². The molecule has 4 aromatic rings. The molecule has 0 fully saturated rings. The summed E-state index contributed by atoms with van der Waals surface area (Å²) in [5.41, 5.74) is 24.9. The number of H-pyrrole nitrogens is 1. The Kier molecular flexibility index (Phi) is 5.66. The predicted molar refractivity (Wildman–Crippen MR) is 125 cm³/mol. The normalized spacial score (nSPS) is 11.2. The van der Waals surface area contributed by atoms with Crippen LogP contribution >= 0.6 is 0 Å². The van der Waals surface area contributed by atoms with E-state index in [1.165, 1.54) is 0 Å². The molecular formula is C22H21N9O. The molecule has 0 spiro atoms. The number of benzene rings is 3. The average molecular weight is 427 g/mol. The number of anilines is 1. The van der Waals surface area contributed by atoms with Crippen LogP contribution in [-0.4, -0.2) is 27.1 Å². The van der Waals surface area contributed by atoms with Gasteiger partial charge in [-0.1, -0.05) is 24.3 Å². The van der Waals surface area contributed by atoms with Crippen LogP contribution in [0.1, 0.15) is 0 Å². The molecule has 0 saturated carbocycles. The summed E-state index contributed by atoms with van der Waals surface area (Å²) in [7, 11) is 0. The monoisotopic (exact) mass is 427 g/mol. The molecule has 9 N–H and O–H groups in total. The van der Waals surface area contributed by atoms with Crippen molar-refractivity contribution in [2.45, 2.75) is 0 Å². The summed E-state index contributed by atoms with van der Waals surface area (Å²) in [4.78, 5) is 12.5. The molecule has 1 heterocycles. The maximum atomic E-state index is 5.89. The highest BCUT2D eigenvalue weighted by Gasteiger charge is 2.10. The highest BCUT2D eigenvalue weighted by Crippen LogP contribution is 2.28. The van der Waals surface area contributed by atoms with Crippen molar-refractivity contribution in [2.24, 2.45) is 27.2 Å². The minimum absolute atomic E-state index is 0.0456. The quantitative estimate of drug-likeness (QED) is 0.184. The Morgan fingerprint density at radius 3 is 2.38 bits per heavy atom. The van der Waals surface area contributed by atoms with E-state index in [0.29, 0.717) is 34.5 Å². The third-order valence-corrected chi connectivity index (χ3v) is 4.30. The maximum absolute atomic E-state index is 5.89. The summed E-state index contributed by atoms with van der Waals surface area (Å²) in [6.45, 7) is 0. The van der Waals surface area contributed by atoms with Gasteiger partial charge in [0.1, 0.15) is 11.5 Å². The minimum atomic E-state index is -0.163. The van der Waals surface area contributed by atoms with Crippen LogP contribution in [0.25, 0.3) is 22.8 Å². The lowest BCUT2D eigenvalue weighted by molar-refractivity contribution is 0.483. The smallest absolute Gasteiger partial charge is 0.223 e. The Hall–Kier alpha value is -4.86. The molecule has 0 aliphatic carbocycles. The average Bonchev–Trinajstić information content (AvgIpc) is 3.26. The van der Waals surface area contributed by atoms with Gasteiger partial charge in [0.25, 0.3) is 0 Å². The van der Waals surface area contributed by atoms with E-state index in [9.17, 15) is 0 Å². The zero-order chi connectivity index (χ0) is 22.5. The molecular weight excluding hydrogens is 406 g/mol. The van der Waals surface area contributed by atoms with Gasteiger partial charge in [0.2, 0.25) is 5.96 Å². The second kappa shape index (κ2) is 8.88. The van der Waals surface area contributed by atoms with Gasteiger partial charge in [-0.3, -0.25) is 5.10 Å². The first-order chi connectivity index (χ1) is 15.5. The first-order valence-electron chi connectivity index (χ1n) is 9.57. The summed E-state index contributed by atoms with van der Waals surface area (Å²) >= 11 is 0. The number of aromatic amines is 1. The first kappa shape index (κ1) is 20.4. The number of nitrogens with one attached hydrogen (secondary N) is 1.